The van der Waals surface area contributed by atoms with E-state index in [1.807, 2.05) is 54.3 Å². The molecule has 0 spiro atoms. The highest BCUT2D eigenvalue weighted by Gasteiger charge is 2.46. The van der Waals surface area contributed by atoms with Gasteiger partial charge in [0.1, 0.15) is 11.6 Å². The van der Waals surface area contributed by atoms with Gasteiger partial charge in [0.15, 0.2) is 0 Å². The first-order valence-corrected chi connectivity index (χ1v) is 16.7. The molecule has 1 atom stereocenters. The van der Waals surface area contributed by atoms with Gasteiger partial charge in [-0.3, -0.25) is 4.79 Å². The molecule has 0 bridgehead atoms. The van der Waals surface area contributed by atoms with Gasteiger partial charge >= 0.3 is 0 Å². The standard InChI is InChI=1S/C37H46FN5O3/c1-3-46-25-24-43-33-10-6-5-9-32(33)40-36(43)39-31-16-20-41(21-17-31)22-18-37(26-28-12-14-30(38)15-13-28)19-23-42(35(37)44)27-29-8-4-7-11-34(29)45-2/h4-15,31H,3,16-27H2,1-2H3,(H,39,40). The van der Waals surface area contributed by atoms with E-state index in [-0.39, 0.29) is 11.7 Å². The summed E-state index contributed by atoms with van der Waals surface area (Å²) in [5, 5.41) is 3.74. The first-order chi connectivity index (χ1) is 22.5. The Kier molecular flexibility index (Phi) is 10.2. The number of nitrogens with zero attached hydrogens (tertiary/aromatic N) is 4. The minimum atomic E-state index is -0.514. The Bertz CT molecular complexity index is 1600. The van der Waals surface area contributed by atoms with Crippen molar-refractivity contribution in [3.63, 3.8) is 0 Å². The lowest BCUT2D eigenvalue weighted by molar-refractivity contribution is -0.137. The molecule has 244 valence electrons. The normalized spacial score (nSPS) is 19.3. The number of likely N-dealkylation sites (tertiary alicyclic amines) is 2. The second kappa shape index (κ2) is 14.6. The number of carbonyl (C=O) groups is 1. The number of ether oxygens (including phenoxy) is 2. The summed E-state index contributed by atoms with van der Waals surface area (Å²) in [4.78, 5) is 23.6. The summed E-state index contributed by atoms with van der Waals surface area (Å²) in [6.45, 7) is 8.14. The van der Waals surface area contributed by atoms with Gasteiger partial charge in [-0.2, -0.15) is 0 Å². The van der Waals surface area contributed by atoms with Crippen LogP contribution in [-0.4, -0.2) is 77.8 Å². The molecular formula is C37H46FN5O3. The topological polar surface area (TPSA) is 71.9 Å². The zero-order valence-corrected chi connectivity index (χ0v) is 27.1. The van der Waals surface area contributed by atoms with Crippen LogP contribution in [0, 0.1) is 11.2 Å². The largest absolute Gasteiger partial charge is 0.496 e. The summed E-state index contributed by atoms with van der Waals surface area (Å²) in [5.74, 6) is 1.64. The second-order valence-electron chi connectivity index (χ2n) is 12.7. The molecule has 3 heterocycles. The van der Waals surface area contributed by atoms with Crippen molar-refractivity contribution in [3.8, 4) is 5.75 Å². The Morgan fingerprint density at radius 2 is 1.74 bits per heavy atom. The second-order valence-corrected chi connectivity index (χ2v) is 12.7. The predicted octanol–water partition coefficient (Wildman–Crippen LogP) is 6.15. The van der Waals surface area contributed by atoms with Crippen molar-refractivity contribution in [1.29, 1.82) is 0 Å². The fourth-order valence-electron chi connectivity index (χ4n) is 7.13. The van der Waals surface area contributed by atoms with Crippen LogP contribution >= 0.6 is 0 Å². The molecule has 2 aliphatic heterocycles. The minimum Gasteiger partial charge on any atom is -0.496 e. The third-order valence-corrected chi connectivity index (χ3v) is 9.76. The number of methoxy groups -OCH3 is 1. The maximum atomic E-state index is 14.2. The molecule has 2 fully saturated rings. The number of benzene rings is 3. The predicted molar refractivity (Wildman–Crippen MR) is 179 cm³/mol. The van der Waals surface area contributed by atoms with Gasteiger partial charge in [-0.25, -0.2) is 9.37 Å². The van der Waals surface area contributed by atoms with E-state index >= 15 is 0 Å². The molecule has 4 aromatic rings. The van der Waals surface area contributed by atoms with E-state index in [4.69, 9.17) is 14.5 Å². The summed E-state index contributed by atoms with van der Waals surface area (Å²) in [5.41, 5.74) is 3.61. The number of piperidine rings is 1. The van der Waals surface area contributed by atoms with Crippen LogP contribution in [-0.2, 0) is 29.0 Å². The Labute approximate surface area is 271 Å². The number of hydrogen-bond acceptors (Lipinski definition) is 6. The Morgan fingerprint density at radius 1 is 0.978 bits per heavy atom. The molecule has 1 amide bonds. The van der Waals surface area contributed by atoms with Gasteiger partial charge in [0.05, 0.1) is 30.2 Å². The van der Waals surface area contributed by atoms with Gasteiger partial charge in [-0.05, 0) is 81.5 Å². The SMILES string of the molecule is CCOCCn1c(NC2CCN(CCC3(Cc4ccc(F)cc4)CCN(Cc4ccccc4OC)C3=O)CC2)nc2ccccc21. The van der Waals surface area contributed by atoms with Crippen molar-refractivity contribution in [2.24, 2.45) is 5.41 Å². The zero-order valence-electron chi connectivity index (χ0n) is 27.1. The number of rotatable bonds is 14. The summed E-state index contributed by atoms with van der Waals surface area (Å²) < 4.78 is 27.2. The summed E-state index contributed by atoms with van der Waals surface area (Å²) in [6, 6.07) is 23.1. The monoisotopic (exact) mass is 627 g/mol. The van der Waals surface area contributed by atoms with Crippen molar-refractivity contribution in [3.05, 3.63) is 89.7 Å². The summed E-state index contributed by atoms with van der Waals surface area (Å²) in [7, 11) is 1.67. The summed E-state index contributed by atoms with van der Waals surface area (Å²) in [6.07, 6.45) is 4.19. The molecule has 2 saturated heterocycles. The van der Waals surface area contributed by atoms with Crippen LogP contribution in [0.25, 0.3) is 11.0 Å². The van der Waals surface area contributed by atoms with Crippen molar-refractivity contribution in [1.82, 2.24) is 19.4 Å². The molecule has 0 saturated carbocycles. The highest BCUT2D eigenvalue weighted by molar-refractivity contribution is 5.85. The van der Waals surface area contributed by atoms with E-state index in [2.05, 4.69) is 33.0 Å². The Morgan fingerprint density at radius 3 is 2.52 bits per heavy atom. The highest BCUT2D eigenvalue weighted by atomic mass is 19.1. The average molecular weight is 628 g/mol. The molecule has 0 aliphatic carbocycles. The lowest BCUT2D eigenvalue weighted by Crippen LogP contribution is -2.43. The molecule has 6 rings (SSSR count). The van der Waals surface area contributed by atoms with E-state index in [9.17, 15) is 9.18 Å². The van der Waals surface area contributed by atoms with Crippen LogP contribution in [0.1, 0.15) is 43.7 Å². The molecule has 3 aromatic carbocycles. The lowest BCUT2D eigenvalue weighted by Gasteiger charge is -2.35. The number of anilines is 1. The average Bonchev–Trinajstić information content (AvgIpc) is 3.58. The van der Waals surface area contributed by atoms with Crippen molar-refractivity contribution in [2.45, 2.75) is 58.2 Å². The van der Waals surface area contributed by atoms with Crippen LogP contribution in [0.3, 0.4) is 0 Å². The van der Waals surface area contributed by atoms with Gasteiger partial charge < -0.3 is 29.2 Å². The number of hydrogen-bond donors (Lipinski definition) is 1. The van der Waals surface area contributed by atoms with Crippen molar-refractivity contribution in [2.75, 3.05) is 51.8 Å². The van der Waals surface area contributed by atoms with Crippen molar-refractivity contribution >= 4 is 22.9 Å². The Hall–Kier alpha value is -3.95. The molecule has 1 unspecified atom stereocenters. The first-order valence-electron chi connectivity index (χ1n) is 16.7. The van der Waals surface area contributed by atoms with E-state index < -0.39 is 5.41 Å². The number of para-hydroxylation sites is 3. The van der Waals surface area contributed by atoms with E-state index in [1.165, 1.54) is 12.1 Å². The third-order valence-electron chi connectivity index (χ3n) is 9.76. The quantitative estimate of drug-likeness (QED) is 0.169. The molecular weight excluding hydrogens is 581 g/mol. The molecule has 1 N–H and O–H groups in total. The fourth-order valence-corrected chi connectivity index (χ4v) is 7.13. The van der Waals surface area contributed by atoms with Gasteiger partial charge in [0.2, 0.25) is 11.9 Å². The van der Waals surface area contributed by atoms with Gasteiger partial charge in [0, 0.05) is 50.9 Å². The zero-order chi connectivity index (χ0) is 31.9. The van der Waals surface area contributed by atoms with Crippen LogP contribution < -0.4 is 10.1 Å². The lowest BCUT2D eigenvalue weighted by atomic mass is 9.77. The molecule has 0 radical (unpaired) electrons. The van der Waals surface area contributed by atoms with Crippen LogP contribution in [0.15, 0.2) is 72.8 Å². The Balaban J connectivity index is 1.10. The van der Waals surface area contributed by atoms with E-state index in [0.717, 1.165) is 85.7 Å². The highest BCUT2D eigenvalue weighted by Crippen LogP contribution is 2.40. The molecule has 1 aromatic heterocycles. The number of aromatic nitrogens is 2. The van der Waals surface area contributed by atoms with Gasteiger partial charge in [0.25, 0.3) is 0 Å². The maximum absolute atomic E-state index is 14.2. The number of carbonyl (C=O) groups excluding carboxylic acids is 1. The smallest absolute Gasteiger partial charge is 0.229 e. The number of nitrogens with one attached hydrogen (secondary N) is 1. The minimum absolute atomic E-state index is 0.185. The number of fused-ring (bicyclic) bond motifs is 1. The number of halogens is 1. The first kappa shape index (κ1) is 32.0. The van der Waals surface area contributed by atoms with E-state index in [0.29, 0.717) is 38.8 Å². The maximum Gasteiger partial charge on any atom is 0.229 e. The molecule has 8 nitrogen and oxygen atoms in total. The fraction of sp³-hybridized carbons (Fsp3) is 0.459. The molecule has 2 aliphatic rings. The van der Waals surface area contributed by atoms with E-state index in [1.54, 1.807) is 7.11 Å². The van der Waals surface area contributed by atoms with Gasteiger partial charge in [-0.15, -0.1) is 0 Å². The molecule has 46 heavy (non-hydrogen) atoms. The van der Waals surface area contributed by atoms with Crippen LogP contribution in [0.2, 0.25) is 0 Å². The summed E-state index contributed by atoms with van der Waals surface area (Å²) >= 11 is 0. The van der Waals surface area contributed by atoms with Crippen molar-refractivity contribution < 1.29 is 18.7 Å². The van der Waals surface area contributed by atoms with Gasteiger partial charge in [-0.1, -0.05) is 42.5 Å². The third kappa shape index (κ3) is 7.21. The van der Waals surface area contributed by atoms with Crippen LogP contribution in [0.5, 0.6) is 5.75 Å². The molecule has 9 heteroatoms. The van der Waals surface area contributed by atoms with Crippen LogP contribution in [0.4, 0.5) is 10.3 Å². The number of amides is 1. The number of imidazole rings is 1.